The van der Waals surface area contributed by atoms with Gasteiger partial charge in [0.25, 0.3) is 5.91 Å². The first-order chi connectivity index (χ1) is 9.17. The van der Waals surface area contributed by atoms with Crippen molar-refractivity contribution in [1.82, 2.24) is 14.7 Å². The van der Waals surface area contributed by atoms with Crippen molar-refractivity contribution in [2.75, 3.05) is 13.1 Å². The monoisotopic (exact) mass is 264 g/mol. The maximum atomic E-state index is 12.7. The maximum absolute atomic E-state index is 12.7. The highest BCUT2D eigenvalue weighted by Gasteiger charge is 2.30. The molecule has 106 valence electrons. The minimum Gasteiger partial charge on any atom is -0.334 e. The number of hydrogen-bond acceptors (Lipinski definition) is 3. The Hall–Kier alpha value is -1.36. The Bertz CT molecular complexity index is 437. The lowest BCUT2D eigenvalue weighted by molar-refractivity contribution is 0.0567. The van der Waals surface area contributed by atoms with E-state index in [1.807, 2.05) is 18.0 Å². The molecular formula is C14H24N4O. The van der Waals surface area contributed by atoms with Crippen LogP contribution in [-0.2, 0) is 13.5 Å². The van der Waals surface area contributed by atoms with Gasteiger partial charge in [0.05, 0.1) is 5.69 Å². The van der Waals surface area contributed by atoms with E-state index in [1.54, 1.807) is 4.68 Å². The van der Waals surface area contributed by atoms with E-state index in [0.717, 1.165) is 37.9 Å². The van der Waals surface area contributed by atoms with Gasteiger partial charge in [-0.2, -0.15) is 5.10 Å². The van der Waals surface area contributed by atoms with Crippen LogP contribution < -0.4 is 5.73 Å². The third kappa shape index (κ3) is 2.97. The first-order valence-corrected chi connectivity index (χ1v) is 7.21. The summed E-state index contributed by atoms with van der Waals surface area (Å²) in [5.41, 5.74) is 7.24. The average molecular weight is 264 g/mol. The van der Waals surface area contributed by atoms with Crippen LogP contribution in [0.15, 0.2) is 6.07 Å². The number of aryl methyl sites for hydroxylation is 2. The fraction of sp³-hybridized carbons (Fsp3) is 0.714. The van der Waals surface area contributed by atoms with Crippen molar-refractivity contribution in [3.05, 3.63) is 17.5 Å². The van der Waals surface area contributed by atoms with E-state index < -0.39 is 0 Å². The summed E-state index contributed by atoms with van der Waals surface area (Å²) in [6, 6.07) is 2.32. The van der Waals surface area contributed by atoms with Gasteiger partial charge in [0.2, 0.25) is 0 Å². The number of nitrogens with two attached hydrogens (primary N) is 1. The molecule has 1 aromatic heterocycles. The summed E-state index contributed by atoms with van der Waals surface area (Å²) in [6.45, 7) is 3.43. The molecule has 0 saturated heterocycles. The average Bonchev–Trinajstić information content (AvgIpc) is 2.72. The zero-order chi connectivity index (χ0) is 13.8. The minimum absolute atomic E-state index is 0.104. The summed E-state index contributed by atoms with van der Waals surface area (Å²) >= 11 is 0. The molecule has 2 N–H and O–H groups in total. The Morgan fingerprint density at radius 1 is 1.58 bits per heavy atom. The van der Waals surface area contributed by atoms with Crippen molar-refractivity contribution in [1.29, 1.82) is 0 Å². The van der Waals surface area contributed by atoms with Crippen molar-refractivity contribution >= 4 is 5.91 Å². The lowest BCUT2D eigenvalue weighted by atomic mass is 9.91. The molecule has 19 heavy (non-hydrogen) atoms. The van der Waals surface area contributed by atoms with E-state index in [9.17, 15) is 4.79 Å². The number of carbonyl (C=O) groups excluding carboxylic acids is 1. The Balaban J connectivity index is 2.14. The normalized spacial score (nSPS) is 15.3. The number of carbonyl (C=O) groups is 1. The van der Waals surface area contributed by atoms with Gasteiger partial charge in [-0.15, -0.1) is 0 Å². The number of rotatable bonds is 6. The number of nitrogens with zero attached hydrogens (tertiary/aromatic N) is 3. The second-order valence-corrected chi connectivity index (χ2v) is 5.22. The highest BCUT2D eigenvalue weighted by atomic mass is 16.2. The van der Waals surface area contributed by atoms with E-state index >= 15 is 0 Å². The standard InChI is InChI=1S/C14H24N4O/c1-3-11-10-13(17(2)16-11)14(19)18(9-5-8-15)12-6-4-7-12/h10,12H,3-9,15H2,1-2H3. The van der Waals surface area contributed by atoms with Crippen molar-refractivity contribution in [3.8, 4) is 0 Å². The van der Waals surface area contributed by atoms with Crippen LogP contribution in [0, 0.1) is 0 Å². The second-order valence-electron chi connectivity index (χ2n) is 5.22. The number of hydrogen-bond donors (Lipinski definition) is 1. The molecular weight excluding hydrogens is 240 g/mol. The van der Waals surface area contributed by atoms with Crippen LogP contribution in [0.25, 0.3) is 0 Å². The van der Waals surface area contributed by atoms with E-state index in [-0.39, 0.29) is 5.91 Å². The third-order valence-corrected chi connectivity index (χ3v) is 3.89. The molecule has 0 radical (unpaired) electrons. The van der Waals surface area contributed by atoms with Crippen LogP contribution in [0.2, 0.25) is 0 Å². The van der Waals surface area contributed by atoms with Gasteiger partial charge in [-0.1, -0.05) is 6.92 Å². The molecule has 1 aromatic rings. The lowest BCUT2D eigenvalue weighted by Crippen LogP contribution is -2.45. The van der Waals surface area contributed by atoms with Crippen LogP contribution in [0.3, 0.4) is 0 Å². The molecule has 1 aliphatic carbocycles. The summed E-state index contributed by atoms with van der Waals surface area (Å²) in [6.07, 6.45) is 5.18. The van der Waals surface area contributed by atoms with Gasteiger partial charge in [-0.3, -0.25) is 9.48 Å². The van der Waals surface area contributed by atoms with Gasteiger partial charge in [0.1, 0.15) is 5.69 Å². The van der Waals surface area contributed by atoms with Gasteiger partial charge in [0.15, 0.2) is 0 Å². The molecule has 0 unspecified atom stereocenters. The summed E-state index contributed by atoms with van der Waals surface area (Å²) in [4.78, 5) is 14.7. The fourth-order valence-electron chi connectivity index (χ4n) is 2.46. The molecule has 5 heteroatoms. The highest BCUT2D eigenvalue weighted by Crippen LogP contribution is 2.26. The Labute approximate surface area is 114 Å². The van der Waals surface area contributed by atoms with Gasteiger partial charge in [0, 0.05) is 19.6 Å². The van der Waals surface area contributed by atoms with E-state index in [1.165, 1.54) is 6.42 Å². The van der Waals surface area contributed by atoms with Gasteiger partial charge in [-0.05, 0) is 44.7 Å². The number of aromatic nitrogens is 2. The van der Waals surface area contributed by atoms with Gasteiger partial charge < -0.3 is 10.6 Å². The van der Waals surface area contributed by atoms with Crippen molar-refractivity contribution in [3.63, 3.8) is 0 Å². The topological polar surface area (TPSA) is 64.2 Å². The molecule has 0 bridgehead atoms. The van der Waals surface area contributed by atoms with Crippen molar-refractivity contribution < 1.29 is 4.79 Å². The van der Waals surface area contributed by atoms with Crippen LogP contribution in [0.5, 0.6) is 0 Å². The van der Waals surface area contributed by atoms with Crippen LogP contribution in [-0.4, -0.2) is 39.7 Å². The molecule has 0 aromatic carbocycles. The lowest BCUT2D eigenvalue weighted by Gasteiger charge is -2.37. The van der Waals surface area contributed by atoms with E-state index in [0.29, 0.717) is 18.3 Å². The van der Waals surface area contributed by atoms with E-state index in [2.05, 4.69) is 12.0 Å². The van der Waals surface area contributed by atoms with Gasteiger partial charge in [-0.25, -0.2) is 0 Å². The summed E-state index contributed by atoms with van der Waals surface area (Å²) in [7, 11) is 1.84. The predicted molar refractivity (Wildman–Crippen MR) is 74.9 cm³/mol. The smallest absolute Gasteiger partial charge is 0.272 e. The Morgan fingerprint density at radius 3 is 2.79 bits per heavy atom. The van der Waals surface area contributed by atoms with E-state index in [4.69, 9.17) is 5.73 Å². The Kier molecular flexibility index (Phi) is 4.58. The molecule has 0 atom stereocenters. The second kappa shape index (κ2) is 6.19. The highest BCUT2D eigenvalue weighted by molar-refractivity contribution is 5.93. The molecule has 1 saturated carbocycles. The first kappa shape index (κ1) is 14.1. The molecule has 1 amide bonds. The molecule has 2 rings (SSSR count). The maximum Gasteiger partial charge on any atom is 0.272 e. The minimum atomic E-state index is 0.104. The van der Waals surface area contributed by atoms with Crippen LogP contribution >= 0.6 is 0 Å². The summed E-state index contributed by atoms with van der Waals surface area (Å²) in [5, 5.41) is 4.36. The fourth-order valence-corrected chi connectivity index (χ4v) is 2.46. The molecule has 5 nitrogen and oxygen atoms in total. The largest absolute Gasteiger partial charge is 0.334 e. The number of amides is 1. The zero-order valence-electron chi connectivity index (χ0n) is 11.9. The molecule has 0 spiro atoms. The predicted octanol–water partition coefficient (Wildman–Crippen LogP) is 1.33. The summed E-state index contributed by atoms with van der Waals surface area (Å²) in [5.74, 6) is 0.104. The SMILES string of the molecule is CCc1cc(C(=O)N(CCCN)C2CCC2)n(C)n1. The molecule has 1 aliphatic rings. The first-order valence-electron chi connectivity index (χ1n) is 7.21. The van der Waals surface area contributed by atoms with Crippen LogP contribution in [0.4, 0.5) is 0 Å². The zero-order valence-corrected chi connectivity index (χ0v) is 11.9. The summed E-state index contributed by atoms with van der Waals surface area (Å²) < 4.78 is 1.70. The quantitative estimate of drug-likeness (QED) is 0.843. The molecule has 1 heterocycles. The third-order valence-electron chi connectivity index (χ3n) is 3.89. The molecule has 0 aliphatic heterocycles. The van der Waals surface area contributed by atoms with Crippen LogP contribution in [0.1, 0.15) is 48.8 Å². The van der Waals surface area contributed by atoms with Crippen molar-refractivity contribution in [2.45, 2.75) is 45.1 Å². The van der Waals surface area contributed by atoms with Gasteiger partial charge >= 0.3 is 0 Å². The Morgan fingerprint density at radius 2 is 2.32 bits per heavy atom. The molecule has 1 fully saturated rings. The van der Waals surface area contributed by atoms with Crippen molar-refractivity contribution in [2.24, 2.45) is 12.8 Å².